The lowest BCUT2D eigenvalue weighted by molar-refractivity contribution is 0.0537. The average Bonchev–Trinajstić information content (AvgIpc) is 2.73. The molecule has 0 saturated carbocycles. The second-order valence-electron chi connectivity index (χ2n) is 4.87. The van der Waals surface area contributed by atoms with Crippen LogP contribution in [0.2, 0.25) is 0 Å². The van der Waals surface area contributed by atoms with E-state index in [1.807, 2.05) is 0 Å². The Morgan fingerprint density at radius 3 is 2.53 bits per heavy atom. The van der Waals surface area contributed by atoms with Crippen LogP contribution < -0.4 is 5.73 Å². The zero-order valence-electron chi connectivity index (χ0n) is 10.8. The molecule has 6 nitrogen and oxygen atoms in total. The van der Waals surface area contributed by atoms with E-state index >= 15 is 0 Å². The molecule has 0 bridgehead atoms. The maximum atomic E-state index is 5.44. The molecule has 2 N–H and O–H groups in total. The van der Waals surface area contributed by atoms with Crippen molar-refractivity contribution in [3.05, 3.63) is 11.7 Å². The van der Waals surface area contributed by atoms with E-state index < -0.39 is 0 Å². The Morgan fingerprint density at radius 2 is 2.00 bits per heavy atom. The van der Waals surface area contributed by atoms with Crippen molar-refractivity contribution >= 4 is 0 Å². The summed E-state index contributed by atoms with van der Waals surface area (Å²) >= 11 is 0. The number of nitrogens with zero attached hydrogens (tertiary/aromatic N) is 4. The average molecular weight is 239 g/mol. The topological polar surface area (TPSA) is 71.4 Å². The van der Waals surface area contributed by atoms with Crippen LogP contribution in [0.4, 0.5) is 0 Å². The lowest BCUT2D eigenvalue weighted by Crippen LogP contribution is -2.54. The highest BCUT2D eigenvalue weighted by atomic mass is 16.5. The lowest BCUT2D eigenvalue weighted by Gasteiger charge is -2.42. The summed E-state index contributed by atoms with van der Waals surface area (Å²) in [7, 11) is 2.17. The van der Waals surface area contributed by atoms with Gasteiger partial charge in [-0.15, -0.1) is 0 Å². The summed E-state index contributed by atoms with van der Waals surface area (Å²) < 4.78 is 5.01. The molecule has 0 aromatic carbocycles. The van der Waals surface area contributed by atoms with Gasteiger partial charge in [-0.3, -0.25) is 9.80 Å². The van der Waals surface area contributed by atoms with Crippen LogP contribution >= 0.6 is 0 Å². The fraction of sp³-hybridized carbons (Fsp3) is 0.818. The molecule has 2 heterocycles. The van der Waals surface area contributed by atoms with Crippen LogP contribution in [0.15, 0.2) is 4.52 Å². The maximum absolute atomic E-state index is 5.44. The minimum Gasteiger partial charge on any atom is -0.338 e. The summed E-state index contributed by atoms with van der Waals surface area (Å²) in [6.45, 7) is 7.60. The molecule has 17 heavy (non-hydrogen) atoms. The lowest BCUT2D eigenvalue weighted by atomic mass is 10.1. The van der Waals surface area contributed by atoms with E-state index in [-0.39, 0.29) is 0 Å². The third-order valence-corrected chi connectivity index (χ3v) is 3.49. The highest BCUT2D eigenvalue weighted by molar-refractivity contribution is 4.89. The van der Waals surface area contributed by atoms with Gasteiger partial charge in [-0.25, -0.2) is 0 Å². The third-order valence-electron chi connectivity index (χ3n) is 3.49. The Balaban J connectivity index is 1.95. The van der Waals surface area contributed by atoms with Crippen molar-refractivity contribution < 1.29 is 4.52 Å². The van der Waals surface area contributed by atoms with Crippen molar-refractivity contribution in [2.24, 2.45) is 5.73 Å². The quantitative estimate of drug-likeness (QED) is 0.804. The number of aromatic nitrogens is 2. The van der Waals surface area contributed by atoms with Gasteiger partial charge >= 0.3 is 0 Å². The number of likely N-dealkylation sites (N-methyl/N-ethyl adjacent to an activating group) is 1. The molecule has 0 radical (unpaired) electrons. The summed E-state index contributed by atoms with van der Waals surface area (Å²) in [4.78, 5) is 9.00. The van der Waals surface area contributed by atoms with E-state index in [9.17, 15) is 0 Å². The summed E-state index contributed by atoms with van der Waals surface area (Å²) in [5.41, 5.74) is 5.44. The number of rotatable bonds is 3. The predicted molar refractivity (Wildman–Crippen MR) is 64.2 cm³/mol. The van der Waals surface area contributed by atoms with Crippen molar-refractivity contribution in [1.29, 1.82) is 0 Å². The number of hydrogen-bond donors (Lipinski definition) is 1. The highest BCUT2D eigenvalue weighted by Gasteiger charge is 2.27. The molecule has 2 atom stereocenters. The predicted octanol–water partition coefficient (Wildman–Crippen LogP) is 0.0527. The van der Waals surface area contributed by atoms with Crippen LogP contribution in [0.3, 0.4) is 0 Å². The molecule has 1 aromatic heterocycles. The molecule has 1 saturated heterocycles. The normalized spacial score (nSPS) is 27.5. The molecule has 2 unspecified atom stereocenters. The van der Waals surface area contributed by atoms with Gasteiger partial charge in [-0.1, -0.05) is 5.16 Å². The molecule has 96 valence electrons. The van der Waals surface area contributed by atoms with E-state index in [0.717, 1.165) is 25.5 Å². The second-order valence-corrected chi connectivity index (χ2v) is 4.87. The SMILES string of the molecule is CC1CN(Cc2noc(CN)n2)CC(C)N1C. The van der Waals surface area contributed by atoms with Gasteiger partial charge in [0.2, 0.25) is 5.89 Å². The van der Waals surface area contributed by atoms with Gasteiger partial charge in [-0.05, 0) is 20.9 Å². The number of nitrogens with two attached hydrogens (primary N) is 1. The zero-order valence-corrected chi connectivity index (χ0v) is 10.8. The maximum Gasteiger partial charge on any atom is 0.240 e. The van der Waals surface area contributed by atoms with Crippen molar-refractivity contribution in [2.45, 2.75) is 39.0 Å². The Labute approximate surface area is 102 Å². The molecule has 6 heteroatoms. The molecule has 1 aliphatic rings. The monoisotopic (exact) mass is 239 g/mol. The van der Waals surface area contributed by atoms with Crippen LogP contribution in [0.25, 0.3) is 0 Å². The molecule has 2 rings (SSSR count). The summed E-state index contributed by atoms with van der Waals surface area (Å²) in [5, 5.41) is 3.93. The van der Waals surface area contributed by atoms with Crippen LogP contribution in [-0.4, -0.2) is 52.2 Å². The van der Waals surface area contributed by atoms with Crippen LogP contribution in [0.5, 0.6) is 0 Å². The number of hydrogen-bond acceptors (Lipinski definition) is 6. The van der Waals surface area contributed by atoms with Crippen molar-refractivity contribution in [1.82, 2.24) is 19.9 Å². The summed E-state index contributed by atoms with van der Waals surface area (Å²) in [6.07, 6.45) is 0. The van der Waals surface area contributed by atoms with E-state index in [1.54, 1.807) is 0 Å². The van der Waals surface area contributed by atoms with Crippen LogP contribution in [-0.2, 0) is 13.1 Å². The van der Waals surface area contributed by atoms with Crippen molar-refractivity contribution in [3.8, 4) is 0 Å². The zero-order chi connectivity index (χ0) is 12.4. The molecular formula is C11H21N5O. The molecule has 0 spiro atoms. The van der Waals surface area contributed by atoms with Gasteiger partial charge in [0.15, 0.2) is 5.82 Å². The van der Waals surface area contributed by atoms with E-state index in [0.29, 0.717) is 24.5 Å². The summed E-state index contributed by atoms with van der Waals surface area (Å²) in [5.74, 6) is 1.24. The van der Waals surface area contributed by atoms with Gasteiger partial charge in [0.1, 0.15) is 0 Å². The van der Waals surface area contributed by atoms with Crippen molar-refractivity contribution in [3.63, 3.8) is 0 Å². The van der Waals surface area contributed by atoms with Crippen LogP contribution in [0, 0.1) is 0 Å². The minimum absolute atomic E-state index is 0.308. The first kappa shape index (κ1) is 12.5. The van der Waals surface area contributed by atoms with Gasteiger partial charge in [-0.2, -0.15) is 4.98 Å². The molecular weight excluding hydrogens is 218 g/mol. The highest BCUT2D eigenvalue weighted by Crippen LogP contribution is 2.14. The Bertz CT molecular complexity index is 354. The summed E-state index contributed by atoms with van der Waals surface area (Å²) in [6, 6.07) is 1.11. The second kappa shape index (κ2) is 5.12. The van der Waals surface area contributed by atoms with E-state index in [4.69, 9.17) is 10.3 Å². The largest absolute Gasteiger partial charge is 0.338 e. The van der Waals surface area contributed by atoms with Gasteiger partial charge in [0.25, 0.3) is 0 Å². The van der Waals surface area contributed by atoms with Crippen molar-refractivity contribution in [2.75, 3.05) is 20.1 Å². The first-order chi connectivity index (χ1) is 8.10. The Morgan fingerprint density at radius 1 is 1.35 bits per heavy atom. The number of piperazine rings is 1. The van der Waals surface area contributed by atoms with E-state index in [2.05, 4.69) is 40.8 Å². The smallest absolute Gasteiger partial charge is 0.240 e. The van der Waals surface area contributed by atoms with Crippen LogP contribution in [0.1, 0.15) is 25.6 Å². The Hall–Kier alpha value is -0.980. The standard InChI is InChI=1S/C11H21N5O/c1-8-5-16(6-9(2)15(8)3)7-10-13-11(4-12)17-14-10/h8-9H,4-7,12H2,1-3H3. The first-order valence-corrected chi connectivity index (χ1v) is 6.06. The third kappa shape index (κ3) is 2.83. The molecule has 1 aromatic rings. The van der Waals surface area contributed by atoms with E-state index in [1.165, 1.54) is 0 Å². The van der Waals surface area contributed by atoms with Gasteiger partial charge in [0, 0.05) is 25.2 Å². The molecule has 0 amide bonds. The van der Waals surface area contributed by atoms with Gasteiger partial charge < -0.3 is 10.3 Å². The molecule has 1 aliphatic heterocycles. The first-order valence-electron chi connectivity index (χ1n) is 6.06. The fourth-order valence-electron chi connectivity index (χ4n) is 2.28. The minimum atomic E-state index is 0.308. The fourth-order valence-corrected chi connectivity index (χ4v) is 2.28. The molecule has 1 fully saturated rings. The Kier molecular flexibility index (Phi) is 3.76. The molecule has 0 aliphatic carbocycles. The van der Waals surface area contributed by atoms with Gasteiger partial charge in [0.05, 0.1) is 13.1 Å².